The van der Waals surface area contributed by atoms with Gasteiger partial charge in [-0.05, 0) is 12.1 Å². The highest BCUT2D eigenvalue weighted by molar-refractivity contribution is 7.15. The van der Waals surface area contributed by atoms with Crippen LogP contribution in [0.5, 0.6) is 0 Å². The van der Waals surface area contributed by atoms with Gasteiger partial charge in [-0.15, -0.1) is 11.3 Å². The second kappa shape index (κ2) is 7.01. The fourth-order valence-electron chi connectivity index (χ4n) is 3.63. The lowest BCUT2D eigenvalue weighted by Crippen LogP contribution is -2.47. The molecule has 3 aromatic heterocycles. The molecular formula is C19H19N5O3S. The quantitative estimate of drug-likeness (QED) is 0.519. The number of oxazole rings is 1. The lowest BCUT2D eigenvalue weighted by molar-refractivity contribution is 0.101. The van der Waals surface area contributed by atoms with Gasteiger partial charge < -0.3 is 4.42 Å². The van der Waals surface area contributed by atoms with Crippen LogP contribution in [0, 0.1) is 0 Å². The van der Waals surface area contributed by atoms with Crippen LogP contribution in [-0.4, -0.2) is 49.9 Å². The summed E-state index contributed by atoms with van der Waals surface area (Å²) < 4.78 is 8.56. The van der Waals surface area contributed by atoms with Gasteiger partial charge in [-0.25, -0.2) is 9.78 Å². The van der Waals surface area contributed by atoms with E-state index in [1.807, 2.05) is 29.6 Å². The summed E-state index contributed by atoms with van der Waals surface area (Å²) in [5.41, 5.74) is 2.21. The molecule has 1 saturated heterocycles. The Kier molecular flexibility index (Phi) is 4.34. The van der Waals surface area contributed by atoms with Gasteiger partial charge in [0.2, 0.25) is 0 Å². The van der Waals surface area contributed by atoms with E-state index in [2.05, 4.69) is 14.8 Å². The molecule has 1 aliphatic rings. The van der Waals surface area contributed by atoms with E-state index < -0.39 is 0 Å². The number of nitrogens with zero attached hydrogens (tertiary/aromatic N) is 5. The maximum absolute atomic E-state index is 12.2. The number of hydrogen-bond donors (Lipinski definition) is 0. The summed E-state index contributed by atoms with van der Waals surface area (Å²) in [4.78, 5) is 34.1. The minimum atomic E-state index is -0.322. The van der Waals surface area contributed by atoms with Crippen molar-refractivity contribution in [2.75, 3.05) is 26.2 Å². The first-order valence-electron chi connectivity index (χ1n) is 9.16. The van der Waals surface area contributed by atoms with Gasteiger partial charge in [0.1, 0.15) is 0 Å². The molecule has 0 atom stereocenters. The van der Waals surface area contributed by atoms with Crippen LogP contribution in [0.2, 0.25) is 0 Å². The maximum atomic E-state index is 12.2. The molecule has 1 aliphatic heterocycles. The number of para-hydroxylation sites is 2. The highest BCUT2D eigenvalue weighted by Crippen LogP contribution is 2.14. The molecule has 1 aromatic carbocycles. The zero-order chi connectivity index (χ0) is 19.1. The van der Waals surface area contributed by atoms with Gasteiger partial charge in [0.15, 0.2) is 10.5 Å². The number of thiazole rings is 1. The van der Waals surface area contributed by atoms with Crippen molar-refractivity contribution in [1.29, 1.82) is 0 Å². The predicted octanol–water partition coefficient (Wildman–Crippen LogP) is 1.44. The Hall–Kier alpha value is -2.75. The summed E-state index contributed by atoms with van der Waals surface area (Å²) in [5, 5.41) is 1.87. The number of rotatable bonds is 4. The van der Waals surface area contributed by atoms with E-state index in [9.17, 15) is 9.59 Å². The highest BCUT2D eigenvalue weighted by Gasteiger charge is 2.20. The lowest BCUT2D eigenvalue weighted by Gasteiger charge is -2.34. The standard InChI is InChI=1S/C19H19N5O3S/c25-17-11-14(20-18-23(17)9-10-28-18)12-21-5-7-22(8-6-21)13-24-15-3-1-2-4-16(15)27-19(24)26/h1-4,9-11H,5-8,12-13H2. The molecule has 1 fully saturated rings. The van der Waals surface area contributed by atoms with Crippen molar-refractivity contribution in [3.63, 3.8) is 0 Å². The van der Waals surface area contributed by atoms with Gasteiger partial charge in [0.25, 0.3) is 5.56 Å². The van der Waals surface area contributed by atoms with E-state index in [1.165, 1.54) is 11.3 Å². The molecule has 0 radical (unpaired) electrons. The number of aromatic nitrogens is 3. The SMILES string of the molecule is O=c1oc2ccccc2n1CN1CCN(Cc2cc(=O)n3ccsc3n2)CC1. The topological polar surface area (TPSA) is 76.0 Å². The van der Waals surface area contributed by atoms with E-state index in [4.69, 9.17) is 4.42 Å². The minimum Gasteiger partial charge on any atom is -0.408 e. The molecule has 9 heteroatoms. The molecule has 0 spiro atoms. The summed E-state index contributed by atoms with van der Waals surface area (Å²) in [6.45, 7) is 4.57. The molecule has 0 N–H and O–H groups in total. The van der Waals surface area contributed by atoms with Gasteiger partial charge in [0.05, 0.1) is 17.9 Å². The summed E-state index contributed by atoms with van der Waals surface area (Å²) in [6.07, 6.45) is 1.75. The first-order valence-corrected chi connectivity index (χ1v) is 10.0. The summed E-state index contributed by atoms with van der Waals surface area (Å²) >= 11 is 1.47. The zero-order valence-corrected chi connectivity index (χ0v) is 16.0. The van der Waals surface area contributed by atoms with E-state index >= 15 is 0 Å². The van der Waals surface area contributed by atoms with Crippen molar-refractivity contribution in [3.8, 4) is 0 Å². The monoisotopic (exact) mass is 397 g/mol. The minimum absolute atomic E-state index is 0.0360. The third kappa shape index (κ3) is 3.17. The molecule has 5 rings (SSSR count). The van der Waals surface area contributed by atoms with E-state index in [-0.39, 0.29) is 11.3 Å². The van der Waals surface area contributed by atoms with E-state index in [0.29, 0.717) is 18.8 Å². The fraction of sp³-hybridized carbons (Fsp3) is 0.316. The Labute approximate surface area is 163 Å². The first-order chi connectivity index (χ1) is 13.7. The van der Waals surface area contributed by atoms with Gasteiger partial charge in [-0.3, -0.25) is 23.6 Å². The molecule has 0 aliphatic carbocycles. The van der Waals surface area contributed by atoms with Crippen molar-refractivity contribution in [3.05, 3.63) is 68.5 Å². The number of hydrogen-bond acceptors (Lipinski definition) is 7. The Morgan fingerprint density at radius 1 is 1.07 bits per heavy atom. The van der Waals surface area contributed by atoms with Gasteiger partial charge in [0, 0.05) is 50.4 Å². The van der Waals surface area contributed by atoms with Crippen LogP contribution in [0.3, 0.4) is 0 Å². The Morgan fingerprint density at radius 3 is 2.71 bits per heavy atom. The molecule has 0 unspecified atom stereocenters. The molecule has 0 saturated carbocycles. The maximum Gasteiger partial charge on any atom is 0.421 e. The molecular weight excluding hydrogens is 378 g/mol. The van der Waals surface area contributed by atoms with Crippen LogP contribution in [0.4, 0.5) is 0 Å². The molecule has 0 amide bonds. The van der Waals surface area contributed by atoms with Crippen molar-refractivity contribution < 1.29 is 4.42 Å². The third-order valence-electron chi connectivity index (χ3n) is 5.12. The molecule has 28 heavy (non-hydrogen) atoms. The first kappa shape index (κ1) is 17.4. The molecule has 8 nitrogen and oxygen atoms in total. The summed E-state index contributed by atoms with van der Waals surface area (Å²) in [7, 11) is 0. The highest BCUT2D eigenvalue weighted by atomic mass is 32.1. The average Bonchev–Trinajstić information content (AvgIpc) is 3.28. The van der Waals surface area contributed by atoms with Crippen molar-refractivity contribution >= 4 is 27.4 Å². The smallest absolute Gasteiger partial charge is 0.408 e. The summed E-state index contributed by atoms with van der Waals surface area (Å²) in [5.74, 6) is -0.322. The fourth-order valence-corrected chi connectivity index (χ4v) is 4.37. The van der Waals surface area contributed by atoms with Crippen molar-refractivity contribution in [2.45, 2.75) is 13.2 Å². The second-order valence-electron chi connectivity index (χ2n) is 6.94. The van der Waals surface area contributed by atoms with Crippen LogP contribution in [0.15, 0.2) is 55.9 Å². The van der Waals surface area contributed by atoms with Crippen LogP contribution >= 0.6 is 11.3 Å². The second-order valence-corrected chi connectivity index (χ2v) is 7.81. The Morgan fingerprint density at radius 2 is 1.86 bits per heavy atom. The molecule has 144 valence electrons. The van der Waals surface area contributed by atoms with Crippen LogP contribution < -0.4 is 11.3 Å². The van der Waals surface area contributed by atoms with Crippen molar-refractivity contribution in [1.82, 2.24) is 23.8 Å². The number of benzene rings is 1. The normalized spacial score (nSPS) is 16.3. The van der Waals surface area contributed by atoms with Gasteiger partial charge >= 0.3 is 5.76 Å². The Balaban J connectivity index is 1.25. The van der Waals surface area contributed by atoms with Crippen LogP contribution in [0.1, 0.15) is 5.69 Å². The van der Waals surface area contributed by atoms with Gasteiger partial charge in [-0.2, -0.15) is 0 Å². The predicted molar refractivity (Wildman–Crippen MR) is 107 cm³/mol. The summed E-state index contributed by atoms with van der Waals surface area (Å²) in [6, 6.07) is 9.10. The Bertz CT molecular complexity index is 1250. The van der Waals surface area contributed by atoms with E-state index in [0.717, 1.165) is 42.4 Å². The number of fused-ring (bicyclic) bond motifs is 2. The molecule has 0 bridgehead atoms. The molecule has 4 heterocycles. The van der Waals surface area contributed by atoms with Crippen molar-refractivity contribution in [2.24, 2.45) is 0 Å². The molecule has 4 aromatic rings. The lowest BCUT2D eigenvalue weighted by atomic mass is 10.3. The number of piperazine rings is 1. The van der Waals surface area contributed by atoms with Crippen LogP contribution in [0.25, 0.3) is 16.1 Å². The van der Waals surface area contributed by atoms with Gasteiger partial charge in [-0.1, -0.05) is 12.1 Å². The van der Waals surface area contributed by atoms with E-state index in [1.54, 1.807) is 21.2 Å². The zero-order valence-electron chi connectivity index (χ0n) is 15.2. The average molecular weight is 397 g/mol. The third-order valence-corrected chi connectivity index (χ3v) is 5.88. The van der Waals surface area contributed by atoms with Crippen LogP contribution in [-0.2, 0) is 13.2 Å². The largest absolute Gasteiger partial charge is 0.421 e.